The molecular weight excluding hydrogens is 432 g/mol. The van der Waals surface area contributed by atoms with Crippen LogP contribution in [0.25, 0.3) is 0 Å². The van der Waals surface area contributed by atoms with Crippen molar-refractivity contribution in [3.8, 4) is 11.5 Å². The number of anilines is 1. The van der Waals surface area contributed by atoms with E-state index in [1.165, 1.54) is 37.9 Å². The molecule has 1 aromatic heterocycles. The van der Waals surface area contributed by atoms with Crippen molar-refractivity contribution in [3.05, 3.63) is 78.6 Å². The van der Waals surface area contributed by atoms with Crippen LogP contribution in [0.15, 0.2) is 83.1 Å². The van der Waals surface area contributed by atoms with E-state index in [2.05, 4.69) is 15.5 Å². The third-order valence-electron chi connectivity index (χ3n) is 4.39. The van der Waals surface area contributed by atoms with E-state index in [9.17, 15) is 13.2 Å². The van der Waals surface area contributed by atoms with Crippen LogP contribution in [0.2, 0.25) is 0 Å². The number of methoxy groups -OCH3 is 2. The molecule has 0 saturated carbocycles. The lowest BCUT2D eigenvalue weighted by Crippen LogP contribution is -2.39. The number of hydrogen-bond acceptors (Lipinski definition) is 7. The summed E-state index contributed by atoms with van der Waals surface area (Å²) in [4.78, 5) is 16.6. The number of hydrogen-bond donors (Lipinski definition) is 1. The molecule has 9 nitrogen and oxygen atoms in total. The topological polar surface area (TPSA) is 110 Å². The normalized spacial score (nSPS) is 11.2. The van der Waals surface area contributed by atoms with Crippen molar-refractivity contribution >= 4 is 27.8 Å². The fourth-order valence-corrected chi connectivity index (χ4v) is 4.23. The second-order valence-corrected chi connectivity index (χ2v) is 8.30. The highest BCUT2D eigenvalue weighted by atomic mass is 32.2. The van der Waals surface area contributed by atoms with Crippen LogP contribution in [0.1, 0.15) is 5.56 Å². The molecule has 32 heavy (non-hydrogen) atoms. The summed E-state index contributed by atoms with van der Waals surface area (Å²) in [6.07, 6.45) is 4.29. The van der Waals surface area contributed by atoms with Gasteiger partial charge in [-0.2, -0.15) is 5.10 Å². The lowest BCUT2D eigenvalue weighted by atomic mass is 10.2. The van der Waals surface area contributed by atoms with E-state index >= 15 is 0 Å². The first kappa shape index (κ1) is 22.8. The first-order valence-corrected chi connectivity index (χ1v) is 10.9. The van der Waals surface area contributed by atoms with Gasteiger partial charge in [0.2, 0.25) is 0 Å². The maximum absolute atomic E-state index is 13.2. The largest absolute Gasteiger partial charge is 0.497 e. The van der Waals surface area contributed by atoms with Gasteiger partial charge in [0, 0.05) is 17.8 Å². The molecule has 0 aliphatic carbocycles. The Morgan fingerprint density at radius 2 is 1.88 bits per heavy atom. The number of benzene rings is 2. The van der Waals surface area contributed by atoms with Crippen molar-refractivity contribution in [2.45, 2.75) is 4.90 Å². The van der Waals surface area contributed by atoms with Gasteiger partial charge in [-0.3, -0.25) is 14.1 Å². The summed E-state index contributed by atoms with van der Waals surface area (Å²) >= 11 is 0. The van der Waals surface area contributed by atoms with Gasteiger partial charge >= 0.3 is 0 Å². The molecule has 10 heteroatoms. The Morgan fingerprint density at radius 1 is 1.09 bits per heavy atom. The van der Waals surface area contributed by atoms with Crippen molar-refractivity contribution in [1.29, 1.82) is 0 Å². The molecule has 0 aliphatic rings. The number of rotatable bonds is 9. The predicted molar refractivity (Wildman–Crippen MR) is 120 cm³/mol. The van der Waals surface area contributed by atoms with Crippen LogP contribution in [-0.4, -0.2) is 46.3 Å². The summed E-state index contributed by atoms with van der Waals surface area (Å²) in [5, 5.41) is 3.92. The van der Waals surface area contributed by atoms with E-state index in [1.54, 1.807) is 55.6 Å². The van der Waals surface area contributed by atoms with Crippen LogP contribution >= 0.6 is 0 Å². The van der Waals surface area contributed by atoms with Crippen molar-refractivity contribution < 1.29 is 22.7 Å². The number of ether oxygens (including phenoxy) is 2. The van der Waals surface area contributed by atoms with Crippen molar-refractivity contribution in [1.82, 2.24) is 10.4 Å². The number of aromatic nitrogens is 1. The van der Waals surface area contributed by atoms with Crippen molar-refractivity contribution in [3.63, 3.8) is 0 Å². The van der Waals surface area contributed by atoms with Gasteiger partial charge in [-0.15, -0.1) is 0 Å². The molecule has 166 valence electrons. The molecule has 1 N–H and O–H groups in total. The minimum absolute atomic E-state index is 0.0584. The number of carbonyl (C=O) groups is 1. The van der Waals surface area contributed by atoms with Gasteiger partial charge in [0.25, 0.3) is 15.9 Å². The first-order chi connectivity index (χ1) is 15.5. The molecular formula is C22H22N4O5S. The quantitative estimate of drug-likeness (QED) is 0.393. The molecule has 1 amide bonds. The van der Waals surface area contributed by atoms with Crippen molar-refractivity contribution in [2.24, 2.45) is 5.10 Å². The number of sulfonamides is 1. The maximum Gasteiger partial charge on any atom is 0.264 e. The van der Waals surface area contributed by atoms with E-state index < -0.39 is 22.5 Å². The van der Waals surface area contributed by atoms with E-state index in [4.69, 9.17) is 9.47 Å². The fraction of sp³-hybridized carbons (Fsp3) is 0.136. The molecule has 2 aromatic carbocycles. The average Bonchev–Trinajstić information content (AvgIpc) is 2.83. The lowest BCUT2D eigenvalue weighted by molar-refractivity contribution is -0.119. The van der Waals surface area contributed by atoms with Gasteiger partial charge in [0.15, 0.2) is 0 Å². The first-order valence-electron chi connectivity index (χ1n) is 9.47. The Labute approximate surface area is 186 Å². The lowest BCUT2D eigenvalue weighted by Gasteiger charge is -2.23. The second kappa shape index (κ2) is 10.4. The monoisotopic (exact) mass is 454 g/mol. The summed E-state index contributed by atoms with van der Waals surface area (Å²) in [6.45, 7) is -0.486. The van der Waals surface area contributed by atoms with Crippen LogP contribution < -0.4 is 19.2 Å². The molecule has 1 heterocycles. The van der Waals surface area contributed by atoms with E-state index in [-0.39, 0.29) is 10.6 Å². The Kier molecular flexibility index (Phi) is 7.40. The van der Waals surface area contributed by atoms with Crippen LogP contribution in [0.5, 0.6) is 11.5 Å². The Hall–Kier alpha value is -3.92. The maximum atomic E-state index is 13.2. The van der Waals surface area contributed by atoms with Crippen LogP contribution in [0.4, 0.5) is 5.69 Å². The summed E-state index contributed by atoms with van der Waals surface area (Å²) < 4.78 is 37.7. The molecule has 0 aliphatic heterocycles. The minimum atomic E-state index is -4.00. The van der Waals surface area contributed by atoms with Gasteiger partial charge < -0.3 is 9.47 Å². The summed E-state index contributed by atoms with van der Waals surface area (Å²) in [7, 11) is -0.951. The van der Waals surface area contributed by atoms with E-state index in [0.29, 0.717) is 17.1 Å². The SMILES string of the molecule is COc1ccc(/C=N\NC(=O)CN(c2cccnc2)S(=O)(=O)c2ccccc2)c(OC)c1. The van der Waals surface area contributed by atoms with Crippen LogP contribution in [0, 0.1) is 0 Å². The minimum Gasteiger partial charge on any atom is -0.497 e. The van der Waals surface area contributed by atoms with E-state index in [0.717, 1.165) is 4.31 Å². The summed E-state index contributed by atoms with van der Waals surface area (Å²) in [6, 6.07) is 16.1. The molecule has 0 spiro atoms. The molecule has 3 aromatic rings. The molecule has 0 atom stereocenters. The van der Waals surface area contributed by atoms with Gasteiger partial charge in [-0.25, -0.2) is 13.8 Å². The number of hydrazone groups is 1. The van der Waals surface area contributed by atoms with Crippen LogP contribution in [-0.2, 0) is 14.8 Å². The highest BCUT2D eigenvalue weighted by Crippen LogP contribution is 2.24. The van der Waals surface area contributed by atoms with Gasteiger partial charge in [0.1, 0.15) is 18.0 Å². The Balaban J connectivity index is 1.79. The Bertz CT molecular complexity index is 1190. The van der Waals surface area contributed by atoms with Crippen molar-refractivity contribution in [2.75, 3.05) is 25.1 Å². The molecule has 0 fully saturated rings. The zero-order chi connectivity index (χ0) is 23.0. The molecule has 0 saturated heterocycles. The molecule has 0 radical (unpaired) electrons. The number of nitrogens with one attached hydrogen (secondary N) is 1. The average molecular weight is 455 g/mol. The van der Waals surface area contributed by atoms with Crippen LogP contribution in [0.3, 0.4) is 0 Å². The predicted octanol–water partition coefficient (Wildman–Crippen LogP) is 2.44. The summed E-state index contributed by atoms with van der Waals surface area (Å²) in [5.41, 5.74) is 3.21. The van der Waals surface area contributed by atoms with Gasteiger partial charge in [0.05, 0.1) is 37.2 Å². The van der Waals surface area contributed by atoms with Gasteiger partial charge in [-0.1, -0.05) is 18.2 Å². The molecule has 0 unspecified atom stereocenters. The van der Waals surface area contributed by atoms with E-state index in [1.807, 2.05) is 0 Å². The number of nitrogens with zero attached hydrogens (tertiary/aromatic N) is 3. The third-order valence-corrected chi connectivity index (χ3v) is 6.17. The highest BCUT2D eigenvalue weighted by molar-refractivity contribution is 7.92. The number of pyridine rings is 1. The summed E-state index contributed by atoms with van der Waals surface area (Å²) in [5.74, 6) is 0.490. The second-order valence-electron chi connectivity index (χ2n) is 6.44. The molecule has 0 bridgehead atoms. The Morgan fingerprint density at radius 3 is 2.53 bits per heavy atom. The fourth-order valence-electron chi connectivity index (χ4n) is 2.80. The zero-order valence-electron chi connectivity index (χ0n) is 17.5. The zero-order valence-corrected chi connectivity index (χ0v) is 18.3. The standard InChI is InChI=1S/C22H22N4O5S/c1-30-19-11-10-17(21(13-19)31-2)14-24-25-22(27)16-26(18-7-6-12-23-15-18)32(28,29)20-8-4-3-5-9-20/h3-15H,16H2,1-2H3,(H,25,27)/b24-14-. The third kappa shape index (κ3) is 5.41. The smallest absolute Gasteiger partial charge is 0.264 e. The van der Waals surface area contributed by atoms with Gasteiger partial charge in [-0.05, 0) is 36.4 Å². The molecule has 3 rings (SSSR count). The highest BCUT2D eigenvalue weighted by Gasteiger charge is 2.27. The number of carbonyl (C=O) groups excluding carboxylic acids is 1. The number of amides is 1.